The number of hydrogen-bond acceptors (Lipinski definition) is 2. The summed E-state index contributed by atoms with van der Waals surface area (Å²) in [5.41, 5.74) is 8.49. The number of benzene rings is 1. The number of fused-ring (bicyclic) bond motifs is 1. The van der Waals surface area contributed by atoms with E-state index in [1.165, 1.54) is 0 Å². The molecular formula is C17H16N2O. The van der Waals surface area contributed by atoms with Gasteiger partial charge in [0.1, 0.15) is 5.69 Å². The first kappa shape index (κ1) is 13.7. The van der Waals surface area contributed by atoms with Gasteiger partial charge in [-0.3, -0.25) is 4.79 Å². The van der Waals surface area contributed by atoms with Crippen molar-refractivity contribution in [3.8, 4) is 0 Å². The second-order valence-corrected chi connectivity index (χ2v) is 4.40. The highest BCUT2D eigenvalue weighted by Gasteiger charge is 2.07. The van der Waals surface area contributed by atoms with Crippen LogP contribution in [0.5, 0.6) is 0 Å². The zero-order valence-electron chi connectivity index (χ0n) is 11.3. The number of primary amides is 1. The molecule has 3 nitrogen and oxygen atoms in total. The Morgan fingerprint density at radius 2 is 2.05 bits per heavy atom. The van der Waals surface area contributed by atoms with Crippen LogP contribution in [0.4, 0.5) is 0 Å². The van der Waals surface area contributed by atoms with Crippen LogP contribution in [-0.4, -0.2) is 10.9 Å². The first-order chi connectivity index (χ1) is 9.63. The normalized spacial score (nSPS) is 11.9. The van der Waals surface area contributed by atoms with Gasteiger partial charge in [0.25, 0.3) is 5.91 Å². The van der Waals surface area contributed by atoms with Gasteiger partial charge in [0.2, 0.25) is 0 Å². The number of rotatable bonds is 4. The van der Waals surface area contributed by atoms with Gasteiger partial charge in [0.15, 0.2) is 0 Å². The van der Waals surface area contributed by atoms with Crippen LogP contribution in [0.3, 0.4) is 0 Å². The smallest absolute Gasteiger partial charge is 0.267 e. The van der Waals surface area contributed by atoms with Gasteiger partial charge in [-0.05, 0) is 36.3 Å². The van der Waals surface area contributed by atoms with Crippen molar-refractivity contribution >= 4 is 22.4 Å². The highest BCUT2D eigenvalue weighted by Crippen LogP contribution is 2.24. The van der Waals surface area contributed by atoms with Gasteiger partial charge >= 0.3 is 0 Å². The highest BCUT2D eigenvalue weighted by atomic mass is 16.1. The number of allylic oxidation sites excluding steroid dienone is 5. The molecule has 0 spiro atoms. The van der Waals surface area contributed by atoms with Crippen molar-refractivity contribution in [2.24, 2.45) is 5.73 Å². The molecule has 1 aromatic heterocycles. The molecule has 2 rings (SSSR count). The maximum Gasteiger partial charge on any atom is 0.267 e. The predicted molar refractivity (Wildman–Crippen MR) is 83.2 cm³/mol. The number of nitrogens with two attached hydrogens (primary N) is 1. The maximum atomic E-state index is 11.2. The molecule has 0 saturated carbocycles. The Labute approximate surface area is 118 Å². The maximum absolute atomic E-state index is 11.2. The zero-order valence-corrected chi connectivity index (χ0v) is 11.3. The van der Waals surface area contributed by atoms with Crippen molar-refractivity contribution in [1.82, 2.24) is 4.98 Å². The Hall–Kier alpha value is -2.68. The molecule has 20 heavy (non-hydrogen) atoms. The van der Waals surface area contributed by atoms with E-state index in [1.54, 1.807) is 12.1 Å². The van der Waals surface area contributed by atoms with Crippen LogP contribution in [-0.2, 0) is 0 Å². The molecule has 0 aliphatic heterocycles. The molecule has 0 saturated heterocycles. The molecule has 0 radical (unpaired) electrons. The fourth-order valence-corrected chi connectivity index (χ4v) is 2.00. The van der Waals surface area contributed by atoms with E-state index in [-0.39, 0.29) is 5.69 Å². The van der Waals surface area contributed by atoms with Gasteiger partial charge < -0.3 is 5.73 Å². The summed E-state index contributed by atoms with van der Waals surface area (Å²) in [4.78, 5) is 15.4. The number of hydrogen-bond donors (Lipinski definition) is 1. The Morgan fingerprint density at radius 1 is 1.25 bits per heavy atom. The second-order valence-electron chi connectivity index (χ2n) is 4.40. The summed E-state index contributed by atoms with van der Waals surface area (Å²) in [6.07, 6.45) is 7.55. The number of aromatic nitrogens is 1. The lowest BCUT2D eigenvalue weighted by Gasteiger charge is -2.07. The number of amides is 1. The fraction of sp³-hybridized carbons (Fsp3) is 0.0588. The molecule has 0 aliphatic rings. The van der Waals surface area contributed by atoms with Crippen molar-refractivity contribution < 1.29 is 4.79 Å². The summed E-state index contributed by atoms with van der Waals surface area (Å²) in [7, 11) is 0. The summed E-state index contributed by atoms with van der Waals surface area (Å²) >= 11 is 0. The van der Waals surface area contributed by atoms with Crippen LogP contribution in [0.2, 0.25) is 0 Å². The Kier molecular flexibility index (Phi) is 4.11. The molecule has 1 aromatic carbocycles. The van der Waals surface area contributed by atoms with Crippen LogP contribution in [0, 0.1) is 0 Å². The van der Waals surface area contributed by atoms with Gasteiger partial charge in [-0.2, -0.15) is 0 Å². The first-order valence-electron chi connectivity index (χ1n) is 6.29. The van der Waals surface area contributed by atoms with Crippen LogP contribution < -0.4 is 5.73 Å². The Morgan fingerprint density at radius 3 is 2.75 bits per heavy atom. The van der Waals surface area contributed by atoms with E-state index in [2.05, 4.69) is 11.6 Å². The lowest BCUT2D eigenvalue weighted by atomic mass is 10.0. The third-order valence-electron chi connectivity index (χ3n) is 3.00. The van der Waals surface area contributed by atoms with E-state index < -0.39 is 5.91 Å². The molecule has 1 amide bonds. The lowest BCUT2D eigenvalue weighted by molar-refractivity contribution is 0.0996. The van der Waals surface area contributed by atoms with Crippen LogP contribution in [0.25, 0.3) is 16.5 Å². The predicted octanol–water partition coefficient (Wildman–Crippen LogP) is 3.48. The van der Waals surface area contributed by atoms with Gasteiger partial charge in [0.05, 0.1) is 5.52 Å². The Bertz CT molecular complexity index is 727. The van der Waals surface area contributed by atoms with Crippen molar-refractivity contribution in [2.45, 2.75) is 6.92 Å². The molecule has 0 fully saturated rings. The van der Waals surface area contributed by atoms with Gasteiger partial charge in [-0.25, -0.2) is 4.98 Å². The Balaban J connectivity index is 2.55. The van der Waals surface area contributed by atoms with E-state index in [9.17, 15) is 4.79 Å². The summed E-state index contributed by atoms with van der Waals surface area (Å²) in [5.74, 6) is -0.515. The van der Waals surface area contributed by atoms with Crippen molar-refractivity contribution in [1.29, 1.82) is 0 Å². The summed E-state index contributed by atoms with van der Waals surface area (Å²) < 4.78 is 0. The molecule has 2 aromatic rings. The quantitative estimate of drug-likeness (QED) is 0.859. The largest absolute Gasteiger partial charge is 0.364 e. The van der Waals surface area contributed by atoms with Crippen LogP contribution in [0.1, 0.15) is 23.0 Å². The third-order valence-corrected chi connectivity index (χ3v) is 3.00. The summed E-state index contributed by atoms with van der Waals surface area (Å²) in [6.45, 7) is 5.67. The molecule has 3 heteroatoms. The van der Waals surface area contributed by atoms with Gasteiger partial charge in [0, 0.05) is 5.39 Å². The standard InChI is InChI=1S/C17H16N2O/c1-3-4-5-7-12(2)13-8-6-9-15-14(13)10-11-16(19-15)17(18)20/h3-11H,1H2,2H3,(H2,18,20)/b5-4-,12-7+. The lowest BCUT2D eigenvalue weighted by Crippen LogP contribution is -2.12. The van der Waals surface area contributed by atoms with Crippen molar-refractivity contribution in [2.75, 3.05) is 0 Å². The zero-order chi connectivity index (χ0) is 14.5. The minimum atomic E-state index is -0.515. The molecule has 100 valence electrons. The average molecular weight is 264 g/mol. The van der Waals surface area contributed by atoms with Crippen molar-refractivity contribution in [3.05, 3.63) is 72.5 Å². The van der Waals surface area contributed by atoms with E-state index in [4.69, 9.17) is 5.73 Å². The van der Waals surface area contributed by atoms with Gasteiger partial charge in [-0.1, -0.05) is 43.0 Å². The molecule has 0 atom stereocenters. The summed E-state index contributed by atoms with van der Waals surface area (Å²) in [6, 6.07) is 9.36. The minimum absolute atomic E-state index is 0.280. The number of carbonyl (C=O) groups excluding carboxylic acids is 1. The number of carbonyl (C=O) groups is 1. The van der Waals surface area contributed by atoms with E-state index >= 15 is 0 Å². The first-order valence-corrected chi connectivity index (χ1v) is 6.29. The van der Waals surface area contributed by atoms with E-state index in [1.807, 2.05) is 49.4 Å². The fourth-order valence-electron chi connectivity index (χ4n) is 2.00. The second kappa shape index (κ2) is 5.97. The molecular weight excluding hydrogens is 248 g/mol. The highest BCUT2D eigenvalue weighted by molar-refractivity contribution is 5.96. The SMILES string of the molecule is C=C/C=C\C=C(/C)c1cccc2nc(C(N)=O)ccc12. The van der Waals surface area contributed by atoms with Crippen LogP contribution >= 0.6 is 0 Å². The molecule has 0 unspecified atom stereocenters. The molecule has 0 aliphatic carbocycles. The third kappa shape index (κ3) is 2.83. The molecule has 2 N–H and O–H groups in total. The molecule has 0 bridgehead atoms. The topological polar surface area (TPSA) is 56.0 Å². The van der Waals surface area contributed by atoms with Crippen LogP contribution in [0.15, 0.2) is 61.2 Å². The summed E-state index contributed by atoms with van der Waals surface area (Å²) in [5, 5.41) is 0.998. The minimum Gasteiger partial charge on any atom is -0.364 e. The van der Waals surface area contributed by atoms with Gasteiger partial charge in [-0.15, -0.1) is 0 Å². The average Bonchev–Trinajstić information content (AvgIpc) is 2.46. The van der Waals surface area contributed by atoms with Crippen molar-refractivity contribution in [3.63, 3.8) is 0 Å². The molecule has 1 heterocycles. The van der Waals surface area contributed by atoms with E-state index in [0.717, 1.165) is 22.0 Å². The van der Waals surface area contributed by atoms with E-state index in [0.29, 0.717) is 0 Å². The monoisotopic (exact) mass is 264 g/mol. The number of nitrogens with zero attached hydrogens (tertiary/aromatic N) is 1. The number of pyridine rings is 1.